The Hall–Kier alpha value is -1.46. The Balaban J connectivity index is 2.13. The van der Waals surface area contributed by atoms with E-state index in [0.717, 1.165) is 5.71 Å². The van der Waals surface area contributed by atoms with Gasteiger partial charge in [-0.1, -0.05) is 0 Å². The highest BCUT2D eigenvalue weighted by molar-refractivity contribution is 7.46. The van der Waals surface area contributed by atoms with Gasteiger partial charge in [-0.15, -0.1) is 0 Å². The summed E-state index contributed by atoms with van der Waals surface area (Å²) in [5.41, 5.74) is 0.798. The molecule has 2 unspecified atom stereocenters. The first kappa shape index (κ1) is 18.9. The number of ether oxygens (including phenoxy) is 1. The number of rotatable bonds is 6. The van der Waals surface area contributed by atoms with E-state index >= 15 is 0 Å². The number of imidazole rings is 1. The monoisotopic (exact) mass is 362 g/mol. The molecule has 0 saturated carbocycles. The minimum absolute atomic E-state index is 0.327. The fourth-order valence-electron chi connectivity index (χ4n) is 2.06. The van der Waals surface area contributed by atoms with Crippen molar-refractivity contribution in [2.24, 2.45) is 9.98 Å². The highest BCUT2D eigenvalue weighted by Gasteiger charge is 2.45. The van der Waals surface area contributed by atoms with Crippen molar-refractivity contribution in [2.75, 3.05) is 6.61 Å². The van der Waals surface area contributed by atoms with Crippen molar-refractivity contribution in [1.29, 1.82) is 0 Å². The second-order valence-electron chi connectivity index (χ2n) is 5.31. The molecule has 1 aliphatic heterocycles. The Kier molecular flexibility index (Phi) is 5.99. The van der Waals surface area contributed by atoms with Crippen LogP contribution in [0.15, 0.2) is 22.5 Å². The molecule has 134 valence electrons. The van der Waals surface area contributed by atoms with Gasteiger partial charge in [-0.2, -0.15) is 0 Å². The lowest BCUT2D eigenvalue weighted by atomic mass is 10.1. The SMILES string of the molecule is CC(C)=N/C=N\c1cncn1[C@@H]1O[C@H](COP(=O)(O)O)C(O)C1O. The first-order valence-corrected chi connectivity index (χ1v) is 8.49. The standard InChI is InChI=1S/C12H19N4O7P/c1-7(2)14-5-15-9-3-13-6-16(9)12-11(18)10(17)8(23-12)4-22-24(19,20)21/h3,5-6,8,10-12,17-18H,4H2,1-2H3,(H2,19,20,21)/b15-5-/t8-,10?,11?,12-/m1/s1. The average molecular weight is 362 g/mol. The molecule has 11 nitrogen and oxygen atoms in total. The van der Waals surface area contributed by atoms with Gasteiger partial charge in [-0.25, -0.2) is 19.5 Å². The van der Waals surface area contributed by atoms with Gasteiger partial charge in [0.15, 0.2) is 12.0 Å². The lowest BCUT2D eigenvalue weighted by molar-refractivity contribution is -0.0512. The van der Waals surface area contributed by atoms with Crippen LogP contribution in [0.3, 0.4) is 0 Å². The van der Waals surface area contributed by atoms with Crippen molar-refractivity contribution in [3.63, 3.8) is 0 Å². The summed E-state index contributed by atoms with van der Waals surface area (Å²) in [5, 5.41) is 20.1. The zero-order valence-electron chi connectivity index (χ0n) is 13.0. The molecule has 24 heavy (non-hydrogen) atoms. The number of nitrogens with zero attached hydrogens (tertiary/aromatic N) is 4. The van der Waals surface area contributed by atoms with Crippen LogP contribution in [0, 0.1) is 0 Å². The van der Waals surface area contributed by atoms with E-state index in [1.54, 1.807) is 13.8 Å². The topological polar surface area (TPSA) is 159 Å². The number of aliphatic hydroxyl groups excluding tert-OH is 2. The van der Waals surface area contributed by atoms with E-state index in [4.69, 9.17) is 14.5 Å². The lowest BCUT2D eigenvalue weighted by Crippen LogP contribution is -2.33. The Labute approximate surface area is 137 Å². The number of aliphatic imine (C=N–C) groups is 2. The molecule has 0 radical (unpaired) electrons. The first-order valence-electron chi connectivity index (χ1n) is 6.96. The Morgan fingerprint density at radius 1 is 1.46 bits per heavy atom. The highest BCUT2D eigenvalue weighted by Crippen LogP contribution is 2.38. The van der Waals surface area contributed by atoms with Crippen molar-refractivity contribution in [3.05, 3.63) is 12.5 Å². The third-order valence-electron chi connectivity index (χ3n) is 3.17. The van der Waals surface area contributed by atoms with Crippen molar-refractivity contribution in [2.45, 2.75) is 38.4 Å². The highest BCUT2D eigenvalue weighted by atomic mass is 31.2. The van der Waals surface area contributed by atoms with Gasteiger partial charge in [-0.3, -0.25) is 9.09 Å². The van der Waals surface area contributed by atoms with Crippen molar-refractivity contribution >= 4 is 25.7 Å². The van der Waals surface area contributed by atoms with E-state index in [-0.39, 0.29) is 0 Å². The van der Waals surface area contributed by atoms with Crippen molar-refractivity contribution in [1.82, 2.24) is 9.55 Å². The Bertz CT molecular complexity index is 666. The molecule has 1 saturated heterocycles. The van der Waals surface area contributed by atoms with E-state index in [1.165, 1.54) is 23.4 Å². The lowest BCUT2D eigenvalue weighted by Gasteiger charge is -2.17. The maximum Gasteiger partial charge on any atom is 0.469 e. The minimum atomic E-state index is -4.71. The van der Waals surface area contributed by atoms with E-state index in [2.05, 4.69) is 19.5 Å². The molecule has 0 amide bonds. The smallest absolute Gasteiger partial charge is 0.387 e. The van der Waals surface area contributed by atoms with Gasteiger partial charge in [0, 0.05) is 5.71 Å². The number of hydrogen-bond acceptors (Lipinski definition) is 7. The minimum Gasteiger partial charge on any atom is -0.387 e. The van der Waals surface area contributed by atoms with E-state index in [0.29, 0.717) is 5.82 Å². The van der Waals surface area contributed by atoms with Crippen LogP contribution in [-0.4, -0.2) is 66.5 Å². The second-order valence-corrected chi connectivity index (χ2v) is 6.55. The quantitative estimate of drug-likeness (QED) is 0.306. The number of aromatic nitrogens is 2. The van der Waals surface area contributed by atoms with E-state index in [9.17, 15) is 14.8 Å². The molecule has 12 heteroatoms. The normalized spacial score (nSPS) is 27.8. The summed E-state index contributed by atoms with van der Waals surface area (Å²) >= 11 is 0. The molecule has 0 aliphatic carbocycles. The van der Waals surface area contributed by atoms with Gasteiger partial charge < -0.3 is 24.7 Å². The molecule has 4 N–H and O–H groups in total. The van der Waals surface area contributed by atoms with Crippen LogP contribution < -0.4 is 0 Å². The third-order valence-corrected chi connectivity index (χ3v) is 3.66. The Morgan fingerprint density at radius 2 is 2.17 bits per heavy atom. The summed E-state index contributed by atoms with van der Waals surface area (Å²) in [6.07, 6.45) is -0.818. The molecule has 1 aliphatic rings. The summed E-state index contributed by atoms with van der Waals surface area (Å²) in [6.45, 7) is 3.02. The molecular weight excluding hydrogens is 343 g/mol. The third kappa shape index (κ3) is 4.77. The summed E-state index contributed by atoms with van der Waals surface area (Å²) in [6, 6.07) is 0. The van der Waals surface area contributed by atoms with Crippen LogP contribution in [0.25, 0.3) is 0 Å². The van der Waals surface area contributed by atoms with Crippen LogP contribution in [0.2, 0.25) is 0 Å². The molecular formula is C12H19N4O7P. The molecule has 2 heterocycles. The fraction of sp³-hybridized carbons (Fsp3) is 0.583. The van der Waals surface area contributed by atoms with Crippen LogP contribution in [0.5, 0.6) is 0 Å². The molecule has 1 aromatic rings. The molecule has 0 bridgehead atoms. The summed E-state index contributed by atoms with van der Waals surface area (Å²) in [7, 11) is -4.71. The molecule has 1 aromatic heterocycles. The molecule has 2 rings (SSSR count). The number of phosphoric ester groups is 1. The maximum absolute atomic E-state index is 10.7. The second kappa shape index (κ2) is 7.62. The van der Waals surface area contributed by atoms with Crippen LogP contribution >= 0.6 is 7.82 Å². The first-order chi connectivity index (χ1) is 11.2. The fourth-order valence-corrected chi connectivity index (χ4v) is 2.41. The van der Waals surface area contributed by atoms with Gasteiger partial charge in [0.05, 0.1) is 19.1 Å². The zero-order chi connectivity index (χ0) is 17.9. The van der Waals surface area contributed by atoms with Gasteiger partial charge in [0.25, 0.3) is 0 Å². The summed E-state index contributed by atoms with van der Waals surface area (Å²) in [5.74, 6) is 0.327. The molecule has 0 aromatic carbocycles. The predicted molar refractivity (Wildman–Crippen MR) is 83.1 cm³/mol. The van der Waals surface area contributed by atoms with Crippen molar-refractivity contribution < 1.29 is 33.8 Å². The van der Waals surface area contributed by atoms with Gasteiger partial charge in [0.2, 0.25) is 0 Å². The zero-order valence-corrected chi connectivity index (χ0v) is 13.9. The number of aliphatic hydroxyl groups is 2. The van der Waals surface area contributed by atoms with Crippen molar-refractivity contribution in [3.8, 4) is 0 Å². The largest absolute Gasteiger partial charge is 0.469 e. The molecule has 0 spiro atoms. The van der Waals surface area contributed by atoms with Crippen LogP contribution in [-0.2, 0) is 13.8 Å². The van der Waals surface area contributed by atoms with Gasteiger partial charge >= 0.3 is 7.82 Å². The van der Waals surface area contributed by atoms with Gasteiger partial charge in [-0.05, 0) is 13.8 Å². The number of phosphoric acid groups is 1. The Morgan fingerprint density at radius 3 is 2.79 bits per heavy atom. The van der Waals surface area contributed by atoms with Crippen LogP contribution in [0.1, 0.15) is 20.1 Å². The van der Waals surface area contributed by atoms with Crippen LogP contribution in [0.4, 0.5) is 5.82 Å². The summed E-state index contributed by atoms with van der Waals surface area (Å²) in [4.78, 5) is 29.4. The number of hydrogen-bond donors (Lipinski definition) is 4. The van der Waals surface area contributed by atoms with E-state index in [1.807, 2.05) is 0 Å². The van der Waals surface area contributed by atoms with Gasteiger partial charge in [0.1, 0.15) is 24.7 Å². The summed E-state index contributed by atoms with van der Waals surface area (Å²) < 4.78 is 21.9. The molecule has 4 atom stereocenters. The maximum atomic E-state index is 10.7. The molecule has 1 fully saturated rings. The predicted octanol–water partition coefficient (Wildman–Crippen LogP) is -0.248. The average Bonchev–Trinajstić information content (AvgIpc) is 3.03. The van der Waals surface area contributed by atoms with E-state index < -0.39 is 39.0 Å².